The third kappa shape index (κ3) is 5.16. The number of aromatic nitrogens is 1. The molecule has 1 aromatic rings. The summed E-state index contributed by atoms with van der Waals surface area (Å²) in [5.74, 6) is 1.15. The van der Waals surface area contributed by atoms with Crippen LogP contribution < -0.4 is 4.90 Å². The lowest BCUT2D eigenvalue weighted by molar-refractivity contribution is -0.00525. The first kappa shape index (κ1) is 18.2. The Balaban J connectivity index is 1.92. The van der Waals surface area contributed by atoms with Crippen molar-refractivity contribution in [1.82, 2.24) is 9.29 Å². The van der Waals surface area contributed by atoms with Crippen LogP contribution in [0.4, 0.5) is 5.82 Å². The zero-order chi connectivity index (χ0) is 16.9. The van der Waals surface area contributed by atoms with E-state index in [0.717, 1.165) is 18.7 Å². The van der Waals surface area contributed by atoms with Crippen LogP contribution in [0.3, 0.4) is 0 Å². The molecule has 0 radical (unpaired) electrons. The molecule has 1 aromatic heterocycles. The Labute approximate surface area is 139 Å². The molecule has 0 bridgehead atoms. The number of hydrogen-bond acceptors (Lipinski definition) is 5. The molecule has 2 rings (SSSR count). The molecule has 0 amide bonds. The number of anilines is 1. The Morgan fingerprint density at radius 1 is 1.43 bits per heavy atom. The van der Waals surface area contributed by atoms with Gasteiger partial charge in [0, 0.05) is 33.4 Å². The zero-order valence-electron chi connectivity index (χ0n) is 14.2. The van der Waals surface area contributed by atoms with Crippen LogP contribution in [0.2, 0.25) is 0 Å². The molecule has 0 unspecified atom stereocenters. The fourth-order valence-electron chi connectivity index (χ4n) is 2.69. The molecular weight excluding hydrogens is 314 g/mol. The third-order valence-corrected chi connectivity index (χ3v) is 6.02. The number of morpholine rings is 1. The number of hydrogen-bond donors (Lipinski definition) is 0. The van der Waals surface area contributed by atoms with Gasteiger partial charge in [-0.2, -0.15) is 4.31 Å². The van der Waals surface area contributed by atoms with Gasteiger partial charge in [-0.1, -0.05) is 6.92 Å². The van der Waals surface area contributed by atoms with E-state index in [1.807, 2.05) is 38.2 Å². The fraction of sp³-hybridized carbons (Fsp3) is 0.688. The quantitative estimate of drug-likeness (QED) is 0.752. The van der Waals surface area contributed by atoms with Crippen LogP contribution in [0, 0.1) is 0 Å². The van der Waals surface area contributed by atoms with Gasteiger partial charge < -0.3 is 9.64 Å². The van der Waals surface area contributed by atoms with Gasteiger partial charge in [0.25, 0.3) is 0 Å². The normalized spacial score (nSPS) is 19.7. The molecule has 0 aromatic carbocycles. The lowest BCUT2D eigenvalue weighted by Gasteiger charge is -2.32. The van der Waals surface area contributed by atoms with Gasteiger partial charge in [-0.3, -0.25) is 0 Å². The van der Waals surface area contributed by atoms with Gasteiger partial charge in [0.15, 0.2) is 0 Å². The molecule has 1 aliphatic rings. The van der Waals surface area contributed by atoms with E-state index in [-0.39, 0.29) is 11.9 Å². The predicted octanol–water partition coefficient (Wildman–Crippen LogP) is 1.52. The van der Waals surface area contributed by atoms with Gasteiger partial charge in [0.2, 0.25) is 10.0 Å². The van der Waals surface area contributed by atoms with Crippen LogP contribution >= 0.6 is 0 Å². The van der Waals surface area contributed by atoms with Crippen molar-refractivity contribution in [2.24, 2.45) is 0 Å². The summed E-state index contributed by atoms with van der Waals surface area (Å²) in [5, 5.41) is 0. The molecule has 1 saturated heterocycles. The maximum atomic E-state index is 12.2. The molecule has 1 aliphatic heterocycles. The minimum absolute atomic E-state index is 0.0358. The van der Waals surface area contributed by atoms with Crippen molar-refractivity contribution in [1.29, 1.82) is 0 Å². The molecular formula is C16H27N3O3S. The second-order valence-corrected chi connectivity index (χ2v) is 8.21. The largest absolute Gasteiger partial charge is 0.375 e. The van der Waals surface area contributed by atoms with Gasteiger partial charge in [-0.25, -0.2) is 13.4 Å². The summed E-state index contributed by atoms with van der Waals surface area (Å²) in [6, 6.07) is 4.07. The maximum Gasteiger partial charge on any atom is 0.214 e. The van der Waals surface area contributed by atoms with E-state index in [4.69, 9.17) is 4.74 Å². The van der Waals surface area contributed by atoms with Crippen molar-refractivity contribution in [2.75, 3.05) is 44.4 Å². The van der Waals surface area contributed by atoms with Crippen molar-refractivity contribution in [2.45, 2.75) is 32.3 Å². The first-order valence-corrected chi connectivity index (χ1v) is 9.75. The minimum atomic E-state index is -3.13. The van der Waals surface area contributed by atoms with Crippen molar-refractivity contribution in [3.63, 3.8) is 0 Å². The number of pyridine rings is 1. The lowest BCUT2D eigenvalue weighted by atomic mass is 10.1. The second kappa shape index (κ2) is 8.08. The molecule has 0 spiro atoms. The molecule has 0 saturated carbocycles. The SMILES string of the molecule is CCCS(=O)(=O)N1CCO[C@H](CCc2ccnc(N(C)C)c2)C1. The van der Waals surface area contributed by atoms with Gasteiger partial charge in [-0.05, 0) is 37.0 Å². The summed E-state index contributed by atoms with van der Waals surface area (Å²) in [5.41, 5.74) is 1.20. The number of nitrogens with zero attached hydrogens (tertiary/aromatic N) is 3. The fourth-order valence-corrected chi connectivity index (χ4v) is 4.22. The first-order chi connectivity index (χ1) is 10.9. The monoisotopic (exact) mass is 341 g/mol. The molecule has 130 valence electrons. The lowest BCUT2D eigenvalue weighted by Crippen LogP contribution is -2.46. The van der Waals surface area contributed by atoms with Crippen molar-refractivity contribution in [3.8, 4) is 0 Å². The predicted molar refractivity (Wildman–Crippen MR) is 92.3 cm³/mol. The summed E-state index contributed by atoms with van der Waals surface area (Å²) < 4.78 is 31.7. The van der Waals surface area contributed by atoms with Crippen LogP contribution in [-0.2, 0) is 21.2 Å². The van der Waals surface area contributed by atoms with Crippen molar-refractivity contribution >= 4 is 15.8 Å². The molecule has 0 aliphatic carbocycles. The highest BCUT2D eigenvalue weighted by Gasteiger charge is 2.28. The van der Waals surface area contributed by atoms with Crippen LogP contribution in [0.15, 0.2) is 18.3 Å². The topological polar surface area (TPSA) is 62.7 Å². The second-order valence-electron chi connectivity index (χ2n) is 6.12. The Morgan fingerprint density at radius 2 is 2.22 bits per heavy atom. The van der Waals surface area contributed by atoms with Crippen LogP contribution in [0.5, 0.6) is 0 Å². The summed E-state index contributed by atoms with van der Waals surface area (Å²) >= 11 is 0. The smallest absolute Gasteiger partial charge is 0.214 e. The molecule has 1 fully saturated rings. The minimum Gasteiger partial charge on any atom is -0.375 e. The highest BCUT2D eigenvalue weighted by molar-refractivity contribution is 7.89. The van der Waals surface area contributed by atoms with E-state index in [9.17, 15) is 8.42 Å². The third-order valence-electron chi connectivity index (χ3n) is 3.98. The molecule has 7 heteroatoms. The highest BCUT2D eigenvalue weighted by atomic mass is 32.2. The number of ether oxygens (including phenoxy) is 1. The number of rotatable bonds is 7. The number of sulfonamides is 1. The molecule has 0 N–H and O–H groups in total. The van der Waals surface area contributed by atoms with Gasteiger partial charge in [-0.15, -0.1) is 0 Å². The van der Waals surface area contributed by atoms with Crippen molar-refractivity contribution in [3.05, 3.63) is 23.9 Å². The highest BCUT2D eigenvalue weighted by Crippen LogP contribution is 2.17. The van der Waals surface area contributed by atoms with Gasteiger partial charge >= 0.3 is 0 Å². The van der Waals surface area contributed by atoms with E-state index in [0.29, 0.717) is 26.1 Å². The van der Waals surface area contributed by atoms with E-state index in [1.165, 1.54) is 5.56 Å². The average Bonchev–Trinajstić information content (AvgIpc) is 2.53. The molecule has 23 heavy (non-hydrogen) atoms. The molecule has 2 heterocycles. The summed E-state index contributed by atoms with van der Waals surface area (Å²) in [4.78, 5) is 6.28. The zero-order valence-corrected chi connectivity index (χ0v) is 15.1. The van der Waals surface area contributed by atoms with Gasteiger partial charge in [0.1, 0.15) is 5.82 Å². The Hall–Kier alpha value is -1.18. The molecule has 6 nitrogen and oxygen atoms in total. The molecule has 1 atom stereocenters. The summed E-state index contributed by atoms with van der Waals surface area (Å²) in [6.07, 6.45) is 4.09. The van der Waals surface area contributed by atoms with Gasteiger partial charge in [0.05, 0.1) is 18.5 Å². The van der Waals surface area contributed by atoms with E-state index in [1.54, 1.807) is 4.31 Å². The van der Waals surface area contributed by atoms with Crippen LogP contribution in [-0.4, -0.2) is 63.4 Å². The Kier molecular flexibility index (Phi) is 6.38. The summed E-state index contributed by atoms with van der Waals surface area (Å²) in [6.45, 7) is 3.31. The Morgan fingerprint density at radius 3 is 2.91 bits per heavy atom. The van der Waals surface area contributed by atoms with E-state index < -0.39 is 10.0 Å². The van der Waals surface area contributed by atoms with Crippen LogP contribution in [0.1, 0.15) is 25.3 Å². The first-order valence-electron chi connectivity index (χ1n) is 8.14. The number of aryl methyl sites for hydroxylation is 1. The van der Waals surface area contributed by atoms with Crippen LogP contribution in [0.25, 0.3) is 0 Å². The van der Waals surface area contributed by atoms with E-state index in [2.05, 4.69) is 11.1 Å². The van der Waals surface area contributed by atoms with Crippen molar-refractivity contribution < 1.29 is 13.2 Å². The maximum absolute atomic E-state index is 12.2. The summed E-state index contributed by atoms with van der Waals surface area (Å²) in [7, 11) is 0.800. The average molecular weight is 341 g/mol. The standard InChI is InChI=1S/C16H27N3O3S/c1-4-11-23(20,21)19-9-10-22-15(13-19)6-5-14-7-8-17-16(12-14)18(2)3/h7-8,12,15H,4-6,9-11,13H2,1-3H3/t15-/m1/s1. The Bertz CT molecular complexity index is 604. The van der Waals surface area contributed by atoms with E-state index >= 15 is 0 Å².